The van der Waals surface area contributed by atoms with Gasteiger partial charge in [0.2, 0.25) is 0 Å². The van der Waals surface area contributed by atoms with E-state index in [2.05, 4.69) is 6.92 Å². The van der Waals surface area contributed by atoms with E-state index in [1.165, 1.54) is 32.1 Å². The van der Waals surface area contributed by atoms with E-state index in [-0.39, 0.29) is 0 Å². The van der Waals surface area contributed by atoms with Crippen LogP contribution in [0.2, 0.25) is 0 Å². The average molecular weight is 296 g/mol. The molecule has 0 aromatic rings. The second-order valence-electron chi connectivity index (χ2n) is 4.90. The summed E-state index contributed by atoms with van der Waals surface area (Å²) in [7, 11) is -4.08. The van der Waals surface area contributed by atoms with Gasteiger partial charge in [0.05, 0.1) is 12.7 Å². The van der Waals surface area contributed by atoms with Crippen LogP contribution in [0, 0.1) is 0 Å². The number of rotatable bonds is 13. The van der Waals surface area contributed by atoms with Crippen molar-refractivity contribution in [3.8, 4) is 0 Å². The molecule has 116 valence electrons. The van der Waals surface area contributed by atoms with Crippen LogP contribution in [0.5, 0.6) is 0 Å². The zero-order valence-corrected chi connectivity index (χ0v) is 12.7. The molecule has 0 bridgehead atoms. The molecule has 1 atom stereocenters. The summed E-state index contributed by atoms with van der Waals surface area (Å²) in [5.41, 5.74) is 0. The molecule has 19 heavy (non-hydrogen) atoms. The number of hydrogen-bond donors (Lipinski definition) is 2. The summed E-state index contributed by atoms with van der Waals surface area (Å²) in [6.07, 6.45) is 8.61. The van der Waals surface area contributed by atoms with Crippen LogP contribution < -0.4 is 0 Å². The highest BCUT2D eigenvalue weighted by atomic mass is 32.2. The predicted molar refractivity (Wildman–Crippen MR) is 75.9 cm³/mol. The zero-order chi connectivity index (χ0) is 14.6. The van der Waals surface area contributed by atoms with Gasteiger partial charge < -0.3 is 9.84 Å². The topological polar surface area (TPSA) is 83.8 Å². The lowest BCUT2D eigenvalue weighted by Crippen LogP contribution is -2.27. The first-order valence-electron chi connectivity index (χ1n) is 7.17. The number of aliphatic hydroxyl groups is 1. The maximum atomic E-state index is 10.6. The van der Waals surface area contributed by atoms with E-state index >= 15 is 0 Å². The highest BCUT2D eigenvalue weighted by molar-refractivity contribution is 7.85. The fourth-order valence-corrected chi connectivity index (χ4v) is 2.55. The molecule has 0 heterocycles. The second-order valence-corrected chi connectivity index (χ2v) is 6.40. The Morgan fingerprint density at radius 3 is 2.00 bits per heavy atom. The Kier molecular flexibility index (Phi) is 11.5. The van der Waals surface area contributed by atoms with Gasteiger partial charge in [-0.2, -0.15) is 8.42 Å². The lowest BCUT2D eigenvalue weighted by molar-refractivity contribution is 0.0242. The van der Waals surface area contributed by atoms with E-state index in [1.807, 2.05) is 0 Å². The van der Waals surface area contributed by atoms with Crippen LogP contribution in [0.25, 0.3) is 0 Å². The number of aliphatic hydroxyl groups excluding tert-OH is 1. The molecule has 0 rings (SSSR count). The number of unbranched alkanes of at least 4 members (excludes halogenated alkanes) is 7. The van der Waals surface area contributed by atoms with Crippen LogP contribution in [0.15, 0.2) is 0 Å². The Balaban J connectivity index is 3.41. The van der Waals surface area contributed by atoms with Crippen molar-refractivity contribution < 1.29 is 22.8 Å². The molecule has 0 aromatic heterocycles. The third-order valence-corrected chi connectivity index (χ3v) is 3.74. The van der Waals surface area contributed by atoms with Gasteiger partial charge in [0.25, 0.3) is 10.1 Å². The number of hydrogen-bond acceptors (Lipinski definition) is 4. The van der Waals surface area contributed by atoms with E-state index in [1.54, 1.807) is 0 Å². The summed E-state index contributed by atoms with van der Waals surface area (Å²) in [5, 5.41) is 8.91. The van der Waals surface area contributed by atoms with Crippen LogP contribution in [0.1, 0.15) is 58.3 Å². The minimum Gasteiger partial charge on any atom is -0.394 e. The molecule has 6 heteroatoms. The van der Waals surface area contributed by atoms with E-state index in [0.29, 0.717) is 6.61 Å². The van der Waals surface area contributed by atoms with Gasteiger partial charge in [-0.1, -0.05) is 51.9 Å². The van der Waals surface area contributed by atoms with Crippen LogP contribution in [-0.4, -0.2) is 43.1 Å². The Hall–Kier alpha value is -0.170. The van der Waals surface area contributed by atoms with Crippen molar-refractivity contribution in [3.63, 3.8) is 0 Å². The van der Waals surface area contributed by atoms with Crippen LogP contribution in [-0.2, 0) is 14.9 Å². The van der Waals surface area contributed by atoms with Crippen molar-refractivity contribution >= 4 is 10.1 Å². The van der Waals surface area contributed by atoms with Crippen molar-refractivity contribution in [1.82, 2.24) is 0 Å². The van der Waals surface area contributed by atoms with Crippen molar-refractivity contribution in [1.29, 1.82) is 0 Å². The molecule has 0 saturated carbocycles. The van der Waals surface area contributed by atoms with Gasteiger partial charge in [0.15, 0.2) is 0 Å². The Morgan fingerprint density at radius 2 is 1.53 bits per heavy atom. The van der Waals surface area contributed by atoms with E-state index in [9.17, 15) is 8.42 Å². The molecular weight excluding hydrogens is 268 g/mol. The van der Waals surface area contributed by atoms with E-state index < -0.39 is 28.6 Å². The Bertz CT molecular complexity index is 289. The van der Waals surface area contributed by atoms with Gasteiger partial charge in [-0.15, -0.1) is 0 Å². The zero-order valence-electron chi connectivity index (χ0n) is 11.9. The molecule has 5 nitrogen and oxygen atoms in total. The number of ether oxygens (including phenoxy) is 1. The summed E-state index contributed by atoms with van der Waals surface area (Å²) in [6.45, 7) is 2.23. The fourth-order valence-electron chi connectivity index (χ4n) is 1.87. The smallest absolute Gasteiger partial charge is 0.267 e. The summed E-state index contributed by atoms with van der Waals surface area (Å²) >= 11 is 0. The lowest BCUT2D eigenvalue weighted by atomic mass is 10.1. The molecule has 0 spiro atoms. The lowest BCUT2D eigenvalue weighted by Gasteiger charge is -2.13. The molecule has 2 N–H and O–H groups in total. The molecule has 0 saturated heterocycles. The fraction of sp³-hybridized carbons (Fsp3) is 1.00. The first-order chi connectivity index (χ1) is 8.99. The highest BCUT2D eigenvalue weighted by Gasteiger charge is 2.16. The SMILES string of the molecule is CCCCCCCCCCOC(CO)CS(=O)(=O)O. The summed E-state index contributed by atoms with van der Waals surface area (Å²) in [6, 6.07) is 0. The maximum Gasteiger partial charge on any atom is 0.267 e. The Labute approximate surface area is 117 Å². The van der Waals surface area contributed by atoms with E-state index in [0.717, 1.165) is 19.3 Å². The standard InChI is InChI=1S/C13H28O5S/c1-2-3-4-5-6-7-8-9-10-18-13(11-14)12-19(15,16)17/h13-14H,2-12H2,1H3,(H,15,16,17). The largest absolute Gasteiger partial charge is 0.394 e. The minimum atomic E-state index is -4.08. The van der Waals surface area contributed by atoms with Gasteiger partial charge in [-0.3, -0.25) is 4.55 Å². The molecule has 0 aliphatic heterocycles. The van der Waals surface area contributed by atoms with Gasteiger partial charge in [0.1, 0.15) is 5.75 Å². The molecule has 0 aliphatic carbocycles. The quantitative estimate of drug-likeness (QED) is 0.403. The van der Waals surface area contributed by atoms with Gasteiger partial charge >= 0.3 is 0 Å². The van der Waals surface area contributed by atoms with Crippen LogP contribution >= 0.6 is 0 Å². The second kappa shape index (κ2) is 11.6. The molecule has 0 amide bonds. The highest BCUT2D eigenvalue weighted by Crippen LogP contribution is 2.08. The maximum absolute atomic E-state index is 10.6. The van der Waals surface area contributed by atoms with Crippen molar-refractivity contribution in [3.05, 3.63) is 0 Å². The Morgan fingerprint density at radius 1 is 1.00 bits per heavy atom. The molecular formula is C13H28O5S. The first kappa shape index (κ1) is 18.8. The molecule has 1 unspecified atom stereocenters. The van der Waals surface area contributed by atoms with Crippen molar-refractivity contribution in [2.24, 2.45) is 0 Å². The van der Waals surface area contributed by atoms with Crippen molar-refractivity contribution in [2.45, 2.75) is 64.4 Å². The molecule has 0 aromatic carbocycles. The van der Waals surface area contributed by atoms with Gasteiger partial charge in [-0.25, -0.2) is 0 Å². The third kappa shape index (κ3) is 14.1. The van der Waals surface area contributed by atoms with Crippen LogP contribution in [0.3, 0.4) is 0 Å². The summed E-state index contributed by atoms with van der Waals surface area (Å²) in [4.78, 5) is 0. The predicted octanol–water partition coefficient (Wildman–Crippen LogP) is 2.39. The third-order valence-electron chi connectivity index (χ3n) is 2.95. The summed E-state index contributed by atoms with van der Waals surface area (Å²) < 4.78 is 35.1. The van der Waals surface area contributed by atoms with Gasteiger partial charge in [-0.05, 0) is 6.42 Å². The monoisotopic (exact) mass is 296 g/mol. The van der Waals surface area contributed by atoms with E-state index in [4.69, 9.17) is 14.4 Å². The van der Waals surface area contributed by atoms with Gasteiger partial charge in [0, 0.05) is 6.61 Å². The molecule has 0 radical (unpaired) electrons. The van der Waals surface area contributed by atoms with Crippen molar-refractivity contribution in [2.75, 3.05) is 19.0 Å². The normalized spacial score (nSPS) is 13.6. The minimum absolute atomic E-state index is 0.392. The van der Waals surface area contributed by atoms with Crippen LogP contribution in [0.4, 0.5) is 0 Å². The molecule has 0 fully saturated rings. The summed E-state index contributed by atoms with van der Waals surface area (Å²) in [5.74, 6) is -0.541. The first-order valence-corrected chi connectivity index (χ1v) is 8.78. The molecule has 0 aliphatic rings. The average Bonchev–Trinajstić information content (AvgIpc) is 2.34.